The number of halogens is 2. The smallest absolute Gasteiger partial charge is 0.247 e. The summed E-state index contributed by atoms with van der Waals surface area (Å²) in [5, 5.41) is 3.04. The fourth-order valence-electron chi connectivity index (χ4n) is 2.00. The molecule has 96 valence electrons. The molecule has 2 rings (SSSR count). The van der Waals surface area contributed by atoms with Gasteiger partial charge in [0.15, 0.2) is 0 Å². The molecule has 1 saturated heterocycles. The fourth-order valence-corrected chi connectivity index (χ4v) is 2.56. The fraction of sp³-hybridized carbons (Fsp3) is 0.333. The maximum absolute atomic E-state index is 12.0. The van der Waals surface area contributed by atoms with Gasteiger partial charge in [0.2, 0.25) is 11.8 Å². The quantitative estimate of drug-likeness (QED) is 0.904. The van der Waals surface area contributed by atoms with Gasteiger partial charge in [0.05, 0.1) is 17.3 Å². The molecule has 0 aliphatic carbocycles. The van der Waals surface area contributed by atoms with Crippen molar-refractivity contribution in [2.45, 2.75) is 19.4 Å². The standard InChI is InChI=1S/C12H12BrClN2O2/c1-2-9-12(18)15-6-11(17)16(9)10-5-7(13)3-4-8(10)14/h3-5,9H,2,6H2,1H3,(H,15,18). The number of carbonyl (C=O) groups is 2. The molecule has 1 fully saturated rings. The summed E-state index contributed by atoms with van der Waals surface area (Å²) in [5.41, 5.74) is 0.567. The molecule has 1 heterocycles. The van der Waals surface area contributed by atoms with Crippen LogP contribution in [0.2, 0.25) is 5.02 Å². The Morgan fingerprint density at radius 3 is 2.89 bits per heavy atom. The lowest BCUT2D eigenvalue weighted by Gasteiger charge is -2.34. The molecule has 2 amide bonds. The van der Waals surface area contributed by atoms with Crippen LogP contribution in [0.1, 0.15) is 13.3 Å². The van der Waals surface area contributed by atoms with E-state index in [9.17, 15) is 9.59 Å². The van der Waals surface area contributed by atoms with Gasteiger partial charge < -0.3 is 5.32 Å². The van der Waals surface area contributed by atoms with Crippen molar-refractivity contribution in [3.63, 3.8) is 0 Å². The number of nitrogens with one attached hydrogen (secondary N) is 1. The molecule has 1 aromatic carbocycles. The first-order valence-electron chi connectivity index (χ1n) is 5.59. The van der Waals surface area contributed by atoms with Crippen LogP contribution in [0.5, 0.6) is 0 Å². The number of hydrogen-bond acceptors (Lipinski definition) is 2. The second-order valence-corrected chi connectivity index (χ2v) is 5.32. The first-order valence-corrected chi connectivity index (χ1v) is 6.76. The average Bonchev–Trinajstić information content (AvgIpc) is 2.35. The summed E-state index contributed by atoms with van der Waals surface area (Å²) in [6.07, 6.45) is 0.542. The third kappa shape index (κ3) is 2.37. The number of carbonyl (C=O) groups excluding carboxylic acids is 2. The minimum absolute atomic E-state index is 0.0121. The van der Waals surface area contributed by atoms with E-state index in [1.807, 2.05) is 6.92 Å². The van der Waals surface area contributed by atoms with Gasteiger partial charge in [-0.05, 0) is 24.6 Å². The summed E-state index contributed by atoms with van der Waals surface area (Å²) in [6.45, 7) is 1.87. The van der Waals surface area contributed by atoms with Gasteiger partial charge in [0.25, 0.3) is 0 Å². The van der Waals surface area contributed by atoms with E-state index in [1.54, 1.807) is 18.2 Å². The number of piperazine rings is 1. The van der Waals surface area contributed by atoms with Crippen LogP contribution in [0.3, 0.4) is 0 Å². The van der Waals surface area contributed by atoms with Crippen LogP contribution >= 0.6 is 27.5 Å². The molecule has 0 spiro atoms. The molecule has 0 bridgehead atoms. The van der Waals surface area contributed by atoms with Gasteiger partial charge in [0, 0.05) is 4.47 Å². The molecule has 1 atom stereocenters. The molecule has 18 heavy (non-hydrogen) atoms. The van der Waals surface area contributed by atoms with Crippen molar-refractivity contribution >= 4 is 45.0 Å². The van der Waals surface area contributed by atoms with Crippen LogP contribution in [-0.2, 0) is 9.59 Å². The van der Waals surface area contributed by atoms with Gasteiger partial charge in [-0.2, -0.15) is 0 Å². The molecular formula is C12H12BrClN2O2. The Morgan fingerprint density at radius 1 is 1.50 bits per heavy atom. The summed E-state index contributed by atoms with van der Waals surface area (Å²) in [7, 11) is 0. The zero-order valence-corrected chi connectivity index (χ0v) is 12.1. The number of amides is 2. The van der Waals surface area contributed by atoms with Crippen LogP contribution in [0.25, 0.3) is 0 Å². The summed E-state index contributed by atoms with van der Waals surface area (Å²) >= 11 is 9.46. The van der Waals surface area contributed by atoms with Crippen molar-refractivity contribution in [2.24, 2.45) is 0 Å². The van der Waals surface area contributed by atoms with Crippen molar-refractivity contribution in [3.05, 3.63) is 27.7 Å². The van der Waals surface area contributed by atoms with Gasteiger partial charge in [-0.25, -0.2) is 0 Å². The van der Waals surface area contributed by atoms with Crippen molar-refractivity contribution in [2.75, 3.05) is 11.4 Å². The Kier molecular flexibility index (Phi) is 3.92. The highest BCUT2D eigenvalue weighted by molar-refractivity contribution is 9.10. The lowest BCUT2D eigenvalue weighted by molar-refractivity contribution is -0.131. The molecular weight excluding hydrogens is 320 g/mol. The molecule has 1 aliphatic rings. The van der Waals surface area contributed by atoms with Gasteiger partial charge in [-0.3, -0.25) is 14.5 Å². The topological polar surface area (TPSA) is 49.4 Å². The number of benzene rings is 1. The molecule has 0 saturated carbocycles. The van der Waals surface area contributed by atoms with E-state index in [4.69, 9.17) is 11.6 Å². The summed E-state index contributed by atoms with van der Waals surface area (Å²) in [5.74, 6) is -0.297. The molecule has 0 radical (unpaired) electrons. The van der Waals surface area contributed by atoms with Crippen LogP contribution in [0.4, 0.5) is 5.69 Å². The monoisotopic (exact) mass is 330 g/mol. The summed E-state index contributed by atoms with van der Waals surface area (Å²) in [6, 6.07) is 4.74. The lowest BCUT2D eigenvalue weighted by atomic mass is 10.1. The van der Waals surface area contributed by atoms with Crippen molar-refractivity contribution < 1.29 is 9.59 Å². The van der Waals surface area contributed by atoms with E-state index >= 15 is 0 Å². The third-order valence-electron chi connectivity index (χ3n) is 2.85. The summed E-state index contributed by atoms with van der Waals surface area (Å²) < 4.78 is 0.815. The van der Waals surface area contributed by atoms with E-state index in [0.29, 0.717) is 17.1 Å². The third-order valence-corrected chi connectivity index (χ3v) is 3.66. The zero-order valence-electron chi connectivity index (χ0n) is 9.74. The Balaban J connectivity index is 2.47. The molecule has 4 nitrogen and oxygen atoms in total. The maximum atomic E-state index is 12.0. The first kappa shape index (κ1) is 13.4. The highest BCUT2D eigenvalue weighted by Gasteiger charge is 2.35. The second-order valence-electron chi connectivity index (χ2n) is 4.00. The SMILES string of the molecule is CCC1C(=O)NCC(=O)N1c1cc(Br)ccc1Cl. The lowest BCUT2D eigenvalue weighted by Crippen LogP contribution is -2.58. The molecule has 1 aliphatic heterocycles. The first-order chi connectivity index (χ1) is 8.54. The van der Waals surface area contributed by atoms with Gasteiger partial charge in [-0.1, -0.05) is 34.5 Å². The van der Waals surface area contributed by atoms with E-state index in [0.717, 1.165) is 4.47 Å². The zero-order chi connectivity index (χ0) is 13.3. The van der Waals surface area contributed by atoms with Gasteiger partial charge in [-0.15, -0.1) is 0 Å². The number of anilines is 1. The Morgan fingerprint density at radius 2 is 2.22 bits per heavy atom. The van der Waals surface area contributed by atoms with E-state index in [1.165, 1.54) is 4.90 Å². The largest absolute Gasteiger partial charge is 0.345 e. The highest BCUT2D eigenvalue weighted by atomic mass is 79.9. The normalized spacial score (nSPS) is 19.9. The number of nitrogens with zero attached hydrogens (tertiary/aromatic N) is 1. The highest BCUT2D eigenvalue weighted by Crippen LogP contribution is 2.32. The van der Waals surface area contributed by atoms with Crippen LogP contribution < -0.4 is 10.2 Å². The predicted octanol–water partition coefficient (Wildman–Crippen LogP) is 2.34. The molecule has 1 N–H and O–H groups in total. The Bertz CT molecular complexity index is 507. The average molecular weight is 332 g/mol. The Labute approximate surface area is 118 Å². The van der Waals surface area contributed by atoms with Crippen molar-refractivity contribution in [1.82, 2.24) is 5.32 Å². The minimum atomic E-state index is -0.502. The van der Waals surface area contributed by atoms with Crippen LogP contribution in [-0.4, -0.2) is 24.4 Å². The van der Waals surface area contributed by atoms with Crippen LogP contribution in [0.15, 0.2) is 22.7 Å². The summed E-state index contributed by atoms with van der Waals surface area (Å²) in [4.78, 5) is 25.3. The van der Waals surface area contributed by atoms with Gasteiger partial charge in [0.1, 0.15) is 6.04 Å². The van der Waals surface area contributed by atoms with Gasteiger partial charge >= 0.3 is 0 Å². The molecule has 1 aromatic rings. The maximum Gasteiger partial charge on any atom is 0.247 e. The van der Waals surface area contributed by atoms with Crippen LogP contribution in [0, 0.1) is 0 Å². The predicted molar refractivity (Wildman–Crippen MR) is 73.7 cm³/mol. The number of rotatable bonds is 2. The molecule has 6 heteroatoms. The Hall–Kier alpha value is -1.07. The van der Waals surface area contributed by atoms with E-state index in [2.05, 4.69) is 21.2 Å². The second kappa shape index (κ2) is 5.28. The van der Waals surface area contributed by atoms with Crippen molar-refractivity contribution in [3.8, 4) is 0 Å². The van der Waals surface area contributed by atoms with Crippen molar-refractivity contribution in [1.29, 1.82) is 0 Å². The van der Waals surface area contributed by atoms with E-state index in [-0.39, 0.29) is 18.4 Å². The number of hydrogen-bond donors (Lipinski definition) is 1. The van der Waals surface area contributed by atoms with E-state index < -0.39 is 6.04 Å². The molecule has 0 aromatic heterocycles. The molecule has 1 unspecified atom stereocenters. The minimum Gasteiger partial charge on any atom is -0.345 e.